The fraction of sp³-hybridized carbons (Fsp3) is 0.222. The number of nitrogens with one attached hydrogen (secondary N) is 1. The van der Waals surface area contributed by atoms with Gasteiger partial charge in [0.05, 0.1) is 15.1 Å². The number of nitrogens with zero attached hydrogens (tertiary/aromatic N) is 3. The van der Waals surface area contributed by atoms with Crippen LogP contribution in [0.3, 0.4) is 0 Å². The van der Waals surface area contributed by atoms with Crippen molar-refractivity contribution in [3.63, 3.8) is 0 Å². The molecule has 6 heteroatoms. The van der Waals surface area contributed by atoms with Crippen LogP contribution in [-0.4, -0.2) is 15.0 Å². The quantitative estimate of drug-likeness (QED) is 0.878. The largest absolute Gasteiger partial charge is 0.364 e. The topological polar surface area (TPSA) is 50.7 Å². The van der Waals surface area contributed by atoms with Crippen molar-refractivity contribution in [3.05, 3.63) is 32.2 Å². The van der Waals surface area contributed by atoms with Crippen molar-refractivity contribution in [2.45, 2.75) is 13.5 Å². The lowest BCUT2D eigenvalue weighted by Gasteiger charge is -2.04. The normalized spacial score (nSPS) is 10.3. The Morgan fingerprint density at radius 2 is 2.27 bits per heavy atom. The van der Waals surface area contributed by atoms with Gasteiger partial charge in [-0.25, -0.2) is 15.0 Å². The number of aryl methyl sites for hydroxylation is 1. The second-order valence-electron chi connectivity index (χ2n) is 2.92. The summed E-state index contributed by atoms with van der Waals surface area (Å²) in [6.07, 6.45) is 5.22. The van der Waals surface area contributed by atoms with Crippen molar-refractivity contribution < 1.29 is 0 Å². The van der Waals surface area contributed by atoms with Gasteiger partial charge in [0.15, 0.2) is 0 Å². The minimum atomic E-state index is 0.762. The van der Waals surface area contributed by atoms with Crippen LogP contribution in [0.25, 0.3) is 0 Å². The maximum Gasteiger partial charge on any atom is 0.143 e. The third kappa shape index (κ3) is 2.85. The molecule has 2 aromatic heterocycles. The maximum atomic E-state index is 4.20. The van der Waals surface area contributed by atoms with E-state index in [0.717, 1.165) is 20.9 Å². The van der Waals surface area contributed by atoms with E-state index in [1.165, 1.54) is 4.88 Å². The first-order chi connectivity index (χ1) is 7.25. The van der Waals surface area contributed by atoms with E-state index in [1.54, 1.807) is 23.9 Å². The first-order valence-electron chi connectivity index (χ1n) is 4.36. The van der Waals surface area contributed by atoms with E-state index in [4.69, 9.17) is 0 Å². The minimum Gasteiger partial charge on any atom is -0.364 e. The minimum absolute atomic E-state index is 0.762. The summed E-state index contributed by atoms with van der Waals surface area (Å²) >= 11 is 3.90. The Balaban J connectivity index is 2.02. The standard InChI is InChI=1S/C9H9IN4S/c1-6-12-2-7(15-6)3-13-9-8(10)4-11-5-14-9/h2,4-5H,3H2,1H3,(H,11,13,14). The Kier molecular flexibility index (Phi) is 3.47. The number of thiazole rings is 1. The zero-order valence-electron chi connectivity index (χ0n) is 8.07. The molecule has 1 N–H and O–H groups in total. The summed E-state index contributed by atoms with van der Waals surface area (Å²) in [7, 11) is 0. The second-order valence-corrected chi connectivity index (χ2v) is 5.40. The summed E-state index contributed by atoms with van der Waals surface area (Å²) in [6.45, 7) is 2.77. The van der Waals surface area contributed by atoms with E-state index in [1.807, 2.05) is 13.1 Å². The van der Waals surface area contributed by atoms with Crippen LogP contribution in [0.2, 0.25) is 0 Å². The fourth-order valence-corrected chi connectivity index (χ4v) is 2.33. The Hall–Kier alpha value is -0.760. The average molecular weight is 332 g/mol. The second kappa shape index (κ2) is 4.84. The first-order valence-corrected chi connectivity index (χ1v) is 6.26. The number of halogens is 1. The molecule has 0 aliphatic rings. The molecule has 0 saturated carbocycles. The van der Waals surface area contributed by atoms with E-state index in [-0.39, 0.29) is 0 Å². The van der Waals surface area contributed by atoms with Crippen LogP contribution in [0.5, 0.6) is 0 Å². The zero-order valence-corrected chi connectivity index (χ0v) is 11.0. The molecule has 0 aromatic carbocycles. The number of hydrogen-bond acceptors (Lipinski definition) is 5. The summed E-state index contributed by atoms with van der Waals surface area (Å²) < 4.78 is 1.02. The molecule has 78 valence electrons. The van der Waals surface area contributed by atoms with Crippen molar-refractivity contribution in [2.24, 2.45) is 0 Å². The van der Waals surface area contributed by atoms with Crippen molar-refractivity contribution in [1.29, 1.82) is 0 Å². The molecule has 2 aromatic rings. The molecule has 0 amide bonds. The molecule has 0 bridgehead atoms. The SMILES string of the molecule is Cc1ncc(CNc2ncncc2I)s1. The van der Waals surface area contributed by atoms with Gasteiger partial charge < -0.3 is 5.32 Å². The lowest BCUT2D eigenvalue weighted by molar-refractivity contribution is 1.08. The van der Waals surface area contributed by atoms with Crippen molar-refractivity contribution in [2.75, 3.05) is 5.32 Å². The summed E-state index contributed by atoms with van der Waals surface area (Å²) in [5, 5.41) is 4.34. The smallest absolute Gasteiger partial charge is 0.143 e. The van der Waals surface area contributed by atoms with Gasteiger partial charge in [-0.05, 0) is 29.5 Å². The van der Waals surface area contributed by atoms with Gasteiger partial charge in [0, 0.05) is 17.3 Å². The van der Waals surface area contributed by atoms with Crippen LogP contribution in [-0.2, 0) is 6.54 Å². The molecule has 0 atom stereocenters. The van der Waals surface area contributed by atoms with Gasteiger partial charge in [-0.1, -0.05) is 0 Å². The van der Waals surface area contributed by atoms with Crippen LogP contribution in [0.15, 0.2) is 18.7 Å². The van der Waals surface area contributed by atoms with E-state index in [9.17, 15) is 0 Å². The lowest BCUT2D eigenvalue weighted by atomic mass is 10.5. The highest BCUT2D eigenvalue weighted by Gasteiger charge is 2.01. The molecule has 4 nitrogen and oxygen atoms in total. The third-order valence-electron chi connectivity index (χ3n) is 1.77. The van der Waals surface area contributed by atoms with Crippen LogP contribution >= 0.6 is 33.9 Å². The van der Waals surface area contributed by atoms with Crippen LogP contribution < -0.4 is 5.32 Å². The van der Waals surface area contributed by atoms with E-state index in [0.29, 0.717) is 0 Å². The highest BCUT2D eigenvalue weighted by molar-refractivity contribution is 14.1. The van der Waals surface area contributed by atoms with Crippen molar-refractivity contribution in [3.8, 4) is 0 Å². The summed E-state index contributed by atoms with van der Waals surface area (Å²) in [5.74, 6) is 0.872. The lowest BCUT2D eigenvalue weighted by Crippen LogP contribution is -2.01. The van der Waals surface area contributed by atoms with E-state index < -0.39 is 0 Å². The van der Waals surface area contributed by atoms with Crippen LogP contribution in [0, 0.1) is 10.5 Å². The van der Waals surface area contributed by atoms with Gasteiger partial charge in [0.1, 0.15) is 12.1 Å². The first kappa shape index (κ1) is 10.7. The third-order valence-corrected chi connectivity index (χ3v) is 3.47. The molecule has 15 heavy (non-hydrogen) atoms. The molecule has 0 aliphatic heterocycles. The highest BCUT2D eigenvalue weighted by Crippen LogP contribution is 2.16. The predicted octanol–water partition coefficient (Wildman–Crippen LogP) is 2.46. The Morgan fingerprint density at radius 3 is 2.93 bits per heavy atom. The fourth-order valence-electron chi connectivity index (χ4n) is 1.10. The van der Waals surface area contributed by atoms with E-state index in [2.05, 4.69) is 42.9 Å². The van der Waals surface area contributed by atoms with Gasteiger partial charge in [0.25, 0.3) is 0 Å². The van der Waals surface area contributed by atoms with Gasteiger partial charge >= 0.3 is 0 Å². The van der Waals surface area contributed by atoms with Gasteiger partial charge in [0.2, 0.25) is 0 Å². The molecule has 0 aliphatic carbocycles. The van der Waals surface area contributed by atoms with Crippen LogP contribution in [0.4, 0.5) is 5.82 Å². The maximum absolute atomic E-state index is 4.20. The molecule has 0 radical (unpaired) electrons. The highest BCUT2D eigenvalue weighted by atomic mass is 127. The Labute approximate surface area is 105 Å². The summed E-state index contributed by atoms with van der Waals surface area (Å²) in [5.41, 5.74) is 0. The monoisotopic (exact) mass is 332 g/mol. The predicted molar refractivity (Wildman–Crippen MR) is 68.9 cm³/mol. The number of hydrogen-bond donors (Lipinski definition) is 1. The molecule has 0 saturated heterocycles. The number of rotatable bonds is 3. The van der Waals surface area contributed by atoms with Crippen molar-refractivity contribution in [1.82, 2.24) is 15.0 Å². The molecule has 0 spiro atoms. The summed E-state index contributed by atoms with van der Waals surface area (Å²) in [6, 6.07) is 0. The Bertz CT molecular complexity index is 457. The zero-order chi connectivity index (χ0) is 10.7. The average Bonchev–Trinajstić information content (AvgIpc) is 2.63. The van der Waals surface area contributed by atoms with Gasteiger partial charge in [-0.3, -0.25) is 0 Å². The van der Waals surface area contributed by atoms with Gasteiger partial charge in [-0.2, -0.15) is 0 Å². The number of aromatic nitrogens is 3. The van der Waals surface area contributed by atoms with E-state index >= 15 is 0 Å². The Morgan fingerprint density at radius 1 is 1.40 bits per heavy atom. The molecular weight excluding hydrogens is 323 g/mol. The van der Waals surface area contributed by atoms with Gasteiger partial charge in [-0.15, -0.1) is 11.3 Å². The number of anilines is 1. The summed E-state index contributed by atoms with van der Waals surface area (Å²) in [4.78, 5) is 13.5. The van der Waals surface area contributed by atoms with Crippen LogP contribution in [0.1, 0.15) is 9.88 Å². The molecular formula is C9H9IN4S. The molecule has 0 unspecified atom stereocenters. The molecule has 2 rings (SSSR count). The van der Waals surface area contributed by atoms with Crippen molar-refractivity contribution >= 4 is 39.7 Å². The molecule has 0 fully saturated rings. The molecule has 2 heterocycles.